The van der Waals surface area contributed by atoms with E-state index < -0.39 is 4.92 Å². The molecule has 74 valence electrons. The van der Waals surface area contributed by atoms with Crippen molar-refractivity contribution in [3.05, 3.63) is 40.3 Å². The maximum Gasteiger partial charge on any atom is 0.295 e. The number of benzene rings is 1. The number of aromatic nitrogens is 2. The summed E-state index contributed by atoms with van der Waals surface area (Å²) in [7, 11) is 0. The van der Waals surface area contributed by atoms with Crippen LogP contribution in [0.25, 0.3) is 10.9 Å². The number of carbonyl (C=O) groups is 1. The number of carbonyl (C=O) groups excluding carboxylic acids is 1. The van der Waals surface area contributed by atoms with E-state index >= 15 is 0 Å². The Morgan fingerprint density at radius 3 is 2.80 bits per heavy atom. The predicted molar refractivity (Wildman–Crippen MR) is 51.6 cm³/mol. The Labute approximate surface area is 83.7 Å². The Morgan fingerprint density at radius 1 is 1.33 bits per heavy atom. The van der Waals surface area contributed by atoms with Gasteiger partial charge in [0.05, 0.1) is 4.92 Å². The molecule has 6 heteroatoms. The molecule has 0 atom stereocenters. The molecule has 0 aliphatic rings. The summed E-state index contributed by atoms with van der Waals surface area (Å²) in [6.45, 7) is 0. The van der Waals surface area contributed by atoms with Crippen molar-refractivity contribution in [2.24, 2.45) is 0 Å². The standard InChI is InChI=1S/C9H5N3O3/c13-4-7-6-2-1-3-8(12(14)15)9(6)11-5-10-7/h1-5H. The Bertz CT molecular complexity index is 553. The predicted octanol–water partition coefficient (Wildman–Crippen LogP) is 1.35. The molecule has 15 heavy (non-hydrogen) atoms. The highest BCUT2D eigenvalue weighted by atomic mass is 16.6. The summed E-state index contributed by atoms with van der Waals surface area (Å²) in [4.78, 5) is 28.3. The first-order valence-electron chi connectivity index (χ1n) is 4.07. The summed E-state index contributed by atoms with van der Waals surface area (Å²) >= 11 is 0. The van der Waals surface area contributed by atoms with E-state index in [2.05, 4.69) is 9.97 Å². The number of rotatable bonds is 2. The zero-order valence-corrected chi connectivity index (χ0v) is 7.45. The third-order valence-corrected chi connectivity index (χ3v) is 1.98. The number of hydrogen-bond acceptors (Lipinski definition) is 5. The zero-order valence-electron chi connectivity index (χ0n) is 7.45. The smallest absolute Gasteiger partial charge is 0.295 e. The van der Waals surface area contributed by atoms with Crippen molar-refractivity contribution in [2.45, 2.75) is 0 Å². The van der Waals surface area contributed by atoms with Crippen molar-refractivity contribution in [3.8, 4) is 0 Å². The Hall–Kier alpha value is -2.37. The minimum Gasteiger partial charge on any atom is -0.296 e. The second-order valence-electron chi connectivity index (χ2n) is 2.81. The van der Waals surface area contributed by atoms with E-state index in [0.717, 1.165) is 6.33 Å². The van der Waals surface area contributed by atoms with Crippen LogP contribution in [0.4, 0.5) is 5.69 Å². The largest absolute Gasteiger partial charge is 0.296 e. The van der Waals surface area contributed by atoms with Crippen molar-refractivity contribution in [3.63, 3.8) is 0 Å². The fraction of sp³-hybridized carbons (Fsp3) is 0. The molecule has 0 amide bonds. The van der Waals surface area contributed by atoms with Crippen LogP contribution in [-0.2, 0) is 0 Å². The topological polar surface area (TPSA) is 86.0 Å². The highest BCUT2D eigenvalue weighted by Gasteiger charge is 2.14. The highest BCUT2D eigenvalue weighted by Crippen LogP contribution is 2.23. The lowest BCUT2D eigenvalue weighted by molar-refractivity contribution is -0.383. The number of aldehydes is 1. The number of non-ortho nitro benzene ring substituents is 1. The first kappa shape index (κ1) is 9.20. The summed E-state index contributed by atoms with van der Waals surface area (Å²) in [5, 5.41) is 11.1. The van der Waals surface area contributed by atoms with Crippen LogP contribution < -0.4 is 0 Å². The number of fused-ring (bicyclic) bond motifs is 1. The first-order valence-corrected chi connectivity index (χ1v) is 4.07. The molecule has 0 spiro atoms. The van der Waals surface area contributed by atoms with Gasteiger partial charge in [-0.1, -0.05) is 6.07 Å². The number of nitro groups is 1. The third-order valence-electron chi connectivity index (χ3n) is 1.98. The molecule has 1 heterocycles. The van der Waals surface area contributed by atoms with E-state index in [9.17, 15) is 14.9 Å². The normalized spacial score (nSPS) is 10.1. The summed E-state index contributed by atoms with van der Waals surface area (Å²) in [6.07, 6.45) is 1.69. The van der Waals surface area contributed by atoms with Gasteiger partial charge in [-0.15, -0.1) is 0 Å². The number of nitrogens with zero attached hydrogens (tertiary/aromatic N) is 3. The fourth-order valence-electron chi connectivity index (χ4n) is 1.33. The quantitative estimate of drug-likeness (QED) is 0.417. The molecule has 0 bridgehead atoms. The van der Waals surface area contributed by atoms with Crippen molar-refractivity contribution < 1.29 is 9.72 Å². The van der Waals surface area contributed by atoms with E-state index in [4.69, 9.17) is 0 Å². The van der Waals surface area contributed by atoms with Gasteiger partial charge < -0.3 is 0 Å². The molecular weight excluding hydrogens is 198 g/mol. The molecule has 0 saturated heterocycles. The molecule has 0 N–H and O–H groups in total. The van der Waals surface area contributed by atoms with Gasteiger partial charge in [-0.3, -0.25) is 14.9 Å². The maximum atomic E-state index is 10.7. The minimum absolute atomic E-state index is 0.127. The van der Waals surface area contributed by atoms with Crippen LogP contribution in [0, 0.1) is 10.1 Å². The highest BCUT2D eigenvalue weighted by molar-refractivity contribution is 5.97. The van der Waals surface area contributed by atoms with Gasteiger partial charge in [0.2, 0.25) is 0 Å². The summed E-state index contributed by atoms with van der Waals surface area (Å²) in [5.41, 5.74) is 0.210. The summed E-state index contributed by atoms with van der Waals surface area (Å²) in [5.74, 6) is 0. The summed E-state index contributed by atoms with van der Waals surface area (Å²) in [6, 6.07) is 4.41. The van der Waals surface area contributed by atoms with Gasteiger partial charge >= 0.3 is 0 Å². The molecule has 0 fully saturated rings. The Kier molecular flexibility index (Phi) is 2.09. The van der Waals surface area contributed by atoms with E-state index in [-0.39, 0.29) is 16.9 Å². The van der Waals surface area contributed by atoms with Gasteiger partial charge in [-0.2, -0.15) is 0 Å². The van der Waals surface area contributed by atoms with Gasteiger partial charge in [0.25, 0.3) is 5.69 Å². The molecule has 0 saturated carbocycles. The fourth-order valence-corrected chi connectivity index (χ4v) is 1.33. The number of nitro benzene ring substituents is 1. The van der Waals surface area contributed by atoms with Crippen LogP contribution in [-0.4, -0.2) is 21.2 Å². The average molecular weight is 203 g/mol. The number of para-hydroxylation sites is 1. The zero-order chi connectivity index (χ0) is 10.8. The first-order chi connectivity index (χ1) is 7.24. The molecule has 0 unspecified atom stereocenters. The van der Waals surface area contributed by atoms with Gasteiger partial charge in [0.1, 0.15) is 12.0 Å². The van der Waals surface area contributed by atoms with Gasteiger partial charge in [-0.25, -0.2) is 9.97 Å². The van der Waals surface area contributed by atoms with E-state index in [1.165, 1.54) is 12.1 Å². The van der Waals surface area contributed by atoms with E-state index in [0.29, 0.717) is 11.7 Å². The van der Waals surface area contributed by atoms with Gasteiger partial charge in [0, 0.05) is 11.5 Å². The Morgan fingerprint density at radius 2 is 2.13 bits per heavy atom. The monoisotopic (exact) mass is 203 g/mol. The van der Waals surface area contributed by atoms with Crippen LogP contribution >= 0.6 is 0 Å². The van der Waals surface area contributed by atoms with E-state index in [1.54, 1.807) is 6.07 Å². The lowest BCUT2D eigenvalue weighted by Crippen LogP contribution is -1.95. The second kappa shape index (κ2) is 3.41. The molecule has 1 aromatic heterocycles. The molecule has 6 nitrogen and oxygen atoms in total. The second-order valence-corrected chi connectivity index (χ2v) is 2.81. The SMILES string of the molecule is O=Cc1ncnc2c([N+](=O)[O-])cccc12. The molecule has 0 radical (unpaired) electrons. The van der Waals surface area contributed by atoms with E-state index in [1.807, 2.05) is 0 Å². The van der Waals surface area contributed by atoms with Crippen molar-refractivity contribution in [2.75, 3.05) is 0 Å². The Balaban J connectivity index is 2.88. The van der Waals surface area contributed by atoms with Crippen LogP contribution in [0.1, 0.15) is 10.5 Å². The van der Waals surface area contributed by atoms with Crippen molar-refractivity contribution in [1.29, 1.82) is 0 Å². The van der Waals surface area contributed by atoms with Crippen LogP contribution in [0.15, 0.2) is 24.5 Å². The van der Waals surface area contributed by atoms with Gasteiger partial charge in [-0.05, 0) is 6.07 Å². The molecule has 2 rings (SSSR count). The van der Waals surface area contributed by atoms with Crippen LogP contribution in [0.5, 0.6) is 0 Å². The molecule has 1 aromatic carbocycles. The molecule has 2 aromatic rings. The van der Waals surface area contributed by atoms with Gasteiger partial charge in [0.15, 0.2) is 11.8 Å². The van der Waals surface area contributed by atoms with Crippen LogP contribution in [0.3, 0.4) is 0 Å². The maximum absolute atomic E-state index is 10.7. The average Bonchev–Trinajstić information content (AvgIpc) is 2.27. The van der Waals surface area contributed by atoms with Crippen molar-refractivity contribution >= 4 is 22.9 Å². The number of hydrogen-bond donors (Lipinski definition) is 0. The molecule has 0 aliphatic carbocycles. The molecular formula is C9H5N3O3. The third kappa shape index (κ3) is 1.41. The van der Waals surface area contributed by atoms with Crippen molar-refractivity contribution in [1.82, 2.24) is 9.97 Å². The van der Waals surface area contributed by atoms with Crippen LogP contribution in [0.2, 0.25) is 0 Å². The minimum atomic E-state index is -0.538. The summed E-state index contributed by atoms with van der Waals surface area (Å²) < 4.78 is 0. The lowest BCUT2D eigenvalue weighted by atomic mass is 10.2. The lowest BCUT2D eigenvalue weighted by Gasteiger charge is -1.99. The molecule has 0 aliphatic heterocycles.